The number of carbonyl (C=O) groups is 3. The number of hydrogen-bond donors (Lipinski definition) is 3. The van der Waals surface area contributed by atoms with Crippen LogP contribution in [0.15, 0.2) is 36.4 Å². The summed E-state index contributed by atoms with van der Waals surface area (Å²) in [5.41, 5.74) is 0.685. The standard InChI is InChI=1S/C9H8O4.C7H6O3/c1-6(11)13-9-4-7(5-10)2-3-8(9)12;8-4-5-1-2-6(9)7(10)3-5/h2-5,12H,1H3;1-4,9-10H. The van der Waals surface area contributed by atoms with Gasteiger partial charge in [0.25, 0.3) is 0 Å². The van der Waals surface area contributed by atoms with Gasteiger partial charge in [0.05, 0.1) is 0 Å². The first-order valence-electron chi connectivity index (χ1n) is 6.31. The zero-order valence-electron chi connectivity index (χ0n) is 12.1. The highest BCUT2D eigenvalue weighted by Gasteiger charge is 2.05. The van der Waals surface area contributed by atoms with E-state index in [-0.39, 0.29) is 23.0 Å². The molecule has 2 rings (SSSR count). The lowest BCUT2D eigenvalue weighted by Crippen LogP contribution is -2.01. The molecule has 0 fully saturated rings. The van der Waals surface area contributed by atoms with Crippen LogP contribution in [-0.4, -0.2) is 33.9 Å². The third-order valence-corrected chi connectivity index (χ3v) is 2.51. The predicted octanol–water partition coefficient (Wildman–Crippen LogP) is 2.04. The van der Waals surface area contributed by atoms with Gasteiger partial charge in [-0.1, -0.05) is 0 Å². The summed E-state index contributed by atoms with van der Waals surface area (Å²) in [6.07, 6.45) is 1.20. The van der Waals surface area contributed by atoms with Crippen molar-refractivity contribution in [1.82, 2.24) is 0 Å². The van der Waals surface area contributed by atoms with E-state index in [2.05, 4.69) is 4.74 Å². The number of hydrogen-bond acceptors (Lipinski definition) is 7. The van der Waals surface area contributed by atoms with E-state index in [0.29, 0.717) is 23.7 Å². The molecule has 0 aliphatic heterocycles. The van der Waals surface area contributed by atoms with E-state index in [1.807, 2.05) is 0 Å². The average molecular weight is 318 g/mol. The molecule has 0 aliphatic carbocycles. The molecule has 3 N–H and O–H groups in total. The van der Waals surface area contributed by atoms with Crippen molar-refractivity contribution in [1.29, 1.82) is 0 Å². The molecular weight excluding hydrogens is 304 g/mol. The minimum Gasteiger partial charge on any atom is -0.504 e. The Morgan fingerprint density at radius 3 is 1.87 bits per heavy atom. The number of carbonyl (C=O) groups excluding carboxylic acids is 3. The lowest BCUT2D eigenvalue weighted by molar-refractivity contribution is -0.132. The van der Waals surface area contributed by atoms with Crippen molar-refractivity contribution < 1.29 is 34.4 Å². The molecule has 0 radical (unpaired) electrons. The van der Waals surface area contributed by atoms with Crippen LogP contribution in [0.25, 0.3) is 0 Å². The van der Waals surface area contributed by atoms with E-state index >= 15 is 0 Å². The van der Waals surface area contributed by atoms with Crippen molar-refractivity contribution in [3.8, 4) is 23.0 Å². The Balaban J connectivity index is 0.000000238. The summed E-state index contributed by atoms with van der Waals surface area (Å²) >= 11 is 0. The number of rotatable bonds is 3. The number of benzene rings is 2. The maximum Gasteiger partial charge on any atom is 0.308 e. The number of phenolic OH excluding ortho intramolecular Hbond substituents is 3. The summed E-state index contributed by atoms with van der Waals surface area (Å²) in [6, 6.07) is 7.89. The SMILES string of the molecule is CC(=O)Oc1cc(C=O)ccc1O.O=Cc1ccc(O)c(O)c1. The second kappa shape index (κ2) is 8.18. The molecule has 23 heavy (non-hydrogen) atoms. The van der Waals surface area contributed by atoms with Gasteiger partial charge >= 0.3 is 5.97 Å². The topological polar surface area (TPSA) is 121 Å². The molecule has 0 saturated carbocycles. The van der Waals surface area contributed by atoms with E-state index in [1.54, 1.807) is 0 Å². The van der Waals surface area contributed by atoms with E-state index in [1.165, 1.54) is 43.3 Å². The predicted molar refractivity (Wildman–Crippen MR) is 80.0 cm³/mol. The van der Waals surface area contributed by atoms with Crippen LogP contribution in [0, 0.1) is 0 Å². The normalized spacial score (nSPS) is 9.26. The lowest BCUT2D eigenvalue weighted by atomic mass is 10.2. The highest BCUT2D eigenvalue weighted by atomic mass is 16.5. The highest BCUT2D eigenvalue weighted by Crippen LogP contribution is 2.26. The van der Waals surface area contributed by atoms with Crippen LogP contribution in [0.2, 0.25) is 0 Å². The Hall–Kier alpha value is -3.35. The van der Waals surface area contributed by atoms with Crippen LogP contribution >= 0.6 is 0 Å². The van der Waals surface area contributed by atoms with Gasteiger partial charge in [-0.15, -0.1) is 0 Å². The third-order valence-electron chi connectivity index (χ3n) is 2.51. The number of aldehydes is 2. The fourth-order valence-corrected chi connectivity index (χ4v) is 1.45. The molecule has 0 aromatic heterocycles. The van der Waals surface area contributed by atoms with Gasteiger partial charge in [0.2, 0.25) is 0 Å². The van der Waals surface area contributed by atoms with Gasteiger partial charge in [0.1, 0.15) is 12.6 Å². The van der Waals surface area contributed by atoms with E-state index in [9.17, 15) is 19.5 Å². The van der Waals surface area contributed by atoms with Gasteiger partial charge in [-0.2, -0.15) is 0 Å². The zero-order chi connectivity index (χ0) is 17.4. The minimum absolute atomic E-state index is 0.00269. The van der Waals surface area contributed by atoms with Crippen LogP contribution in [0.5, 0.6) is 23.0 Å². The maximum atomic E-state index is 10.5. The Kier molecular flexibility index (Phi) is 6.30. The lowest BCUT2D eigenvalue weighted by Gasteiger charge is -2.03. The monoisotopic (exact) mass is 318 g/mol. The van der Waals surface area contributed by atoms with Crippen LogP contribution in [0.3, 0.4) is 0 Å². The highest BCUT2D eigenvalue weighted by molar-refractivity contribution is 5.78. The molecule has 2 aromatic rings. The molecule has 0 atom stereocenters. The second-order valence-corrected chi connectivity index (χ2v) is 4.30. The number of phenols is 3. The number of ether oxygens (including phenoxy) is 1. The summed E-state index contributed by atoms with van der Waals surface area (Å²) in [5.74, 6) is -1.20. The largest absolute Gasteiger partial charge is 0.504 e. The first-order valence-corrected chi connectivity index (χ1v) is 6.31. The van der Waals surface area contributed by atoms with Crippen LogP contribution in [0.4, 0.5) is 0 Å². The van der Waals surface area contributed by atoms with E-state index in [0.717, 1.165) is 0 Å². The third kappa shape index (κ3) is 5.50. The smallest absolute Gasteiger partial charge is 0.308 e. The minimum atomic E-state index is -0.543. The molecule has 7 heteroatoms. The quantitative estimate of drug-likeness (QED) is 0.342. The molecule has 7 nitrogen and oxygen atoms in total. The molecule has 0 saturated heterocycles. The first kappa shape index (κ1) is 17.7. The van der Waals surface area contributed by atoms with Crippen LogP contribution in [0.1, 0.15) is 27.6 Å². The van der Waals surface area contributed by atoms with Crippen LogP contribution in [-0.2, 0) is 4.79 Å². The molecule has 0 bridgehead atoms. The molecule has 0 amide bonds. The molecule has 0 heterocycles. The average Bonchev–Trinajstić information content (AvgIpc) is 2.52. The Bertz CT molecular complexity index is 722. The summed E-state index contributed by atoms with van der Waals surface area (Å²) in [7, 11) is 0. The van der Waals surface area contributed by atoms with Gasteiger partial charge in [-0.25, -0.2) is 0 Å². The summed E-state index contributed by atoms with van der Waals surface area (Å²) in [4.78, 5) is 31.0. The molecule has 0 aliphatic rings. The second-order valence-electron chi connectivity index (χ2n) is 4.30. The van der Waals surface area contributed by atoms with Crippen molar-refractivity contribution in [3.63, 3.8) is 0 Å². The van der Waals surface area contributed by atoms with Crippen LogP contribution < -0.4 is 4.74 Å². The van der Waals surface area contributed by atoms with Gasteiger partial charge < -0.3 is 20.1 Å². The van der Waals surface area contributed by atoms with Crippen molar-refractivity contribution in [2.75, 3.05) is 0 Å². The Labute approximate surface area is 131 Å². The van der Waals surface area contributed by atoms with Gasteiger partial charge in [-0.05, 0) is 36.4 Å². The molecule has 2 aromatic carbocycles. The molecular formula is C16H14O7. The molecule has 120 valence electrons. The van der Waals surface area contributed by atoms with E-state index in [4.69, 9.17) is 10.2 Å². The fraction of sp³-hybridized carbons (Fsp3) is 0.0625. The Morgan fingerprint density at radius 2 is 1.39 bits per heavy atom. The maximum absolute atomic E-state index is 10.5. The number of aromatic hydroxyl groups is 3. The Morgan fingerprint density at radius 1 is 0.870 bits per heavy atom. The van der Waals surface area contributed by atoms with E-state index < -0.39 is 5.97 Å². The van der Waals surface area contributed by atoms with Gasteiger partial charge in [0, 0.05) is 18.1 Å². The van der Waals surface area contributed by atoms with Crippen molar-refractivity contribution >= 4 is 18.5 Å². The van der Waals surface area contributed by atoms with Crippen molar-refractivity contribution in [3.05, 3.63) is 47.5 Å². The molecule has 0 unspecified atom stereocenters. The number of esters is 1. The molecule has 0 spiro atoms. The first-order chi connectivity index (χ1) is 10.9. The fourth-order valence-electron chi connectivity index (χ4n) is 1.45. The summed E-state index contributed by atoms with van der Waals surface area (Å²) in [6.45, 7) is 1.22. The summed E-state index contributed by atoms with van der Waals surface area (Å²) in [5, 5.41) is 26.8. The van der Waals surface area contributed by atoms with Crippen molar-refractivity contribution in [2.45, 2.75) is 6.92 Å². The van der Waals surface area contributed by atoms with Crippen molar-refractivity contribution in [2.24, 2.45) is 0 Å². The zero-order valence-corrected chi connectivity index (χ0v) is 12.1. The summed E-state index contributed by atoms with van der Waals surface area (Å²) < 4.78 is 4.64. The van der Waals surface area contributed by atoms with Gasteiger partial charge in [-0.3, -0.25) is 14.4 Å². The van der Waals surface area contributed by atoms with Gasteiger partial charge in [0.15, 0.2) is 23.0 Å².